The van der Waals surface area contributed by atoms with Crippen LogP contribution in [-0.2, 0) is 32.5 Å². The second-order valence-corrected chi connectivity index (χ2v) is 21.8. The maximum absolute atomic E-state index is 11.1. The molecule has 56 heavy (non-hydrogen) atoms. The van der Waals surface area contributed by atoms with Gasteiger partial charge in [-0.1, -0.05) is 92.6 Å². The monoisotopic (exact) mass is 729 g/mol. The quantitative estimate of drug-likeness (QED) is 0.156. The van der Waals surface area contributed by atoms with Gasteiger partial charge in [0.1, 0.15) is 0 Å². The zero-order valence-corrected chi connectivity index (χ0v) is 34.6. The predicted octanol–water partition coefficient (Wildman–Crippen LogP) is 13.5. The second-order valence-electron chi connectivity index (χ2n) is 21.8. The summed E-state index contributed by atoms with van der Waals surface area (Å²) in [4.78, 5) is 0. The summed E-state index contributed by atoms with van der Waals surface area (Å²) >= 11 is 0. The van der Waals surface area contributed by atoms with Crippen LogP contribution >= 0.6 is 0 Å². The number of nitrogens with zero attached hydrogens (tertiary/aromatic N) is 3. The molecular formula is C53H51N3. The van der Waals surface area contributed by atoms with Gasteiger partial charge in [-0.3, -0.25) is 0 Å². The van der Waals surface area contributed by atoms with Crippen LogP contribution in [0.15, 0.2) is 48.5 Å². The number of rotatable bonds is 0. The Morgan fingerprint density at radius 2 is 1.07 bits per heavy atom. The molecule has 3 nitrogen and oxygen atoms in total. The van der Waals surface area contributed by atoms with E-state index in [9.17, 15) is 10.5 Å². The van der Waals surface area contributed by atoms with Crippen LogP contribution < -0.4 is 0 Å². The predicted molar refractivity (Wildman–Crippen MR) is 231 cm³/mol. The van der Waals surface area contributed by atoms with E-state index in [1.54, 1.807) is 0 Å². The first-order chi connectivity index (χ1) is 26.5. The van der Waals surface area contributed by atoms with E-state index in [2.05, 4.69) is 127 Å². The van der Waals surface area contributed by atoms with Crippen LogP contribution in [0.5, 0.6) is 0 Å². The van der Waals surface area contributed by atoms with E-state index >= 15 is 0 Å². The van der Waals surface area contributed by atoms with Crippen molar-refractivity contribution in [2.75, 3.05) is 0 Å². The van der Waals surface area contributed by atoms with E-state index in [0.29, 0.717) is 0 Å². The summed E-state index contributed by atoms with van der Waals surface area (Å²) in [6, 6.07) is 24.6. The molecule has 0 N–H and O–H groups in total. The summed E-state index contributed by atoms with van der Waals surface area (Å²) < 4.78 is 2.55. The van der Waals surface area contributed by atoms with E-state index in [-0.39, 0.29) is 32.5 Å². The van der Waals surface area contributed by atoms with Crippen molar-refractivity contribution in [1.82, 2.24) is 4.40 Å². The van der Waals surface area contributed by atoms with E-state index in [0.717, 1.165) is 73.5 Å². The molecule has 3 heteroatoms. The molecule has 7 aliphatic rings. The minimum Gasteiger partial charge on any atom is -0.308 e. The molecular weight excluding hydrogens is 679 g/mol. The molecule has 0 saturated heterocycles. The lowest BCUT2D eigenvalue weighted by molar-refractivity contribution is 0.189. The number of aromatic nitrogens is 1. The van der Waals surface area contributed by atoms with E-state index < -0.39 is 0 Å². The zero-order chi connectivity index (χ0) is 38.9. The van der Waals surface area contributed by atoms with Crippen LogP contribution in [0, 0.1) is 22.7 Å². The van der Waals surface area contributed by atoms with Crippen LogP contribution in [0.1, 0.15) is 164 Å². The van der Waals surface area contributed by atoms with Gasteiger partial charge in [0.25, 0.3) is 0 Å². The Balaban J connectivity index is 1.40. The highest BCUT2D eigenvalue weighted by atomic mass is 14.9. The Kier molecular flexibility index (Phi) is 5.72. The molecule has 2 saturated carbocycles. The van der Waals surface area contributed by atoms with Gasteiger partial charge in [0.15, 0.2) is 0 Å². The van der Waals surface area contributed by atoms with Gasteiger partial charge in [-0.2, -0.15) is 10.5 Å². The van der Waals surface area contributed by atoms with Gasteiger partial charge in [0.05, 0.1) is 39.8 Å². The largest absolute Gasteiger partial charge is 0.308 e. The van der Waals surface area contributed by atoms with Gasteiger partial charge in [-0.25, -0.2) is 0 Å². The summed E-state index contributed by atoms with van der Waals surface area (Å²) in [6.07, 6.45) is 9.14. The Morgan fingerprint density at radius 1 is 0.554 bits per heavy atom. The van der Waals surface area contributed by atoms with Crippen molar-refractivity contribution >= 4 is 48.9 Å². The smallest absolute Gasteiger partial charge is 0.0995 e. The van der Waals surface area contributed by atoms with Crippen molar-refractivity contribution in [2.24, 2.45) is 0 Å². The highest BCUT2D eigenvalue weighted by molar-refractivity contribution is 6.31. The molecule has 2 fully saturated rings. The Labute approximate surface area is 330 Å². The average Bonchev–Trinajstić information content (AvgIpc) is 3.68. The van der Waals surface area contributed by atoms with Gasteiger partial charge >= 0.3 is 0 Å². The maximum Gasteiger partial charge on any atom is 0.0995 e. The van der Waals surface area contributed by atoms with Crippen molar-refractivity contribution in [3.63, 3.8) is 0 Å². The first kappa shape index (κ1) is 33.3. The van der Waals surface area contributed by atoms with Crippen LogP contribution in [0.4, 0.5) is 0 Å². The fourth-order valence-electron chi connectivity index (χ4n) is 14.0. The van der Waals surface area contributed by atoms with Crippen molar-refractivity contribution in [3.05, 3.63) is 98.6 Å². The van der Waals surface area contributed by atoms with E-state index in [4.69, 9.17) is 0 Å². The van der Waals surface area contributed by atoms with E-state index in [1.165, 1.54) is 87.9 Å². The normalized spacial score (nSPS) is 28.3. The molecule has 4 bridgehead atoms. The first-order valence-electron chi connectivity index (χ1n) is 21.3. The molecule has 278 valence electrons. The van der Waals surface area contributed by atoms with Crippen LogP contribution in [0.2, 0.25) is 0 Å². The molecule has 7 aromatic rings. The SMILES string of the molecule is CC(C)(C)c1ccc2c3c(cccc13)C(C)(C)c1cc3c4c5c(c(C#N)cc4n4c6cc(C#N)c7c(c6c(c1-2)c34)C1(C)CCC7(C)CC1)C1(C)CCC5(C)CC1. The molecule has 0 spiro atoms. The Morgan fingerprint density at radius 3 is 1.61 bits per heavy atom. The lowest BCUT2D eigenvalue weighted by Crippen LogP contribution is -2.45. The van der Waals surface area contributed by atoms with Crippen molar-refractivity contribution in [1.29, 1.82) is 10.5 Å². The van der Waals surface area contributed by atoms with Gasteiger partial charge in [-0.05, 0) is 157 Å². The number of fused-ring (bicyclic) bond motifs is 13. The third kappa shape index (κ3) is 3.51. The summed E-state index contributed by atoms with van der Waals surface area (Å²) in [5.74, 6) is 0. The number of hydrogen-bond donors (Lipinski definition) is 0. The molecule has 5 aromatic carbocycles. The minimum atomic E-state index is -0.261. The summed E-state index contributed by atoms with van der Waals surface area (Å²) in [5, 5.41) is 30.3. The molecule has 0 radical (unpaired) electrons. The highest BCUT2D eigenvalue weighted by Gasteiger charge is 2.53. The third-order valence-electron chi connectivity index (χ3n) is 17.2. The number of hydrogen-bond acceptors (Lipinski definition) is 2. The molecule has 0 amide bonds. The van der Waals surface area contributed by atoms with Gasteiger partial charge in [-0.15, -0.1) is 0 Å². The van der Waals surface area contributed by atoms with Gasteiger partial charge in [0, 0.05) is 27.0 Å². The summed E-state index contributed by atoms with van der Waals surface area (Å²) in [5.41, 5.74) is 17.5. The van der Waals surface area contributed by atoms with Crippen molar-refractivity contribution in [2.45, 2.75) is 146 Å². The molecule has 2 heterocycles. The fourth-order valence-corrected chi connectivity index (χ4v) is 14.0. The Hall–Kier alpha value is -4.86. The van der Waals surface area contributed by atoms with Gasteiger partial charge in [0.2, 0.25) is 0 Å². The minimum absolute atomic E-state index is 0.00105. The van der Waals surface area contributed by atoms with E-state index in [1.807, 2.05) is 0 Å². The molecule has 0 atom stereocenters. The zero-order valence-electron chi connectivity index (χ0n) is 34.6. The lowest BCUT2D eigenvalue weighted by atomic mass is 9.51. The fraction of sp³-hybridized carbons (Fsp3) is 0.434. The summed E-state index contributed by atoms with van der Waals surface area (Å²) in [7, 11) is 0. The van der Waals surface area contributed by atoms with Crippen LogP contribution in [0.25, 0.3) is 60.0 Å². The van der Waals surface area contributed by atoms with Crippen molar-refractivity contribution < 1.29 is 0 Å². The van der Waals surface area contributed by atoms with Crippen LogP contribution in [0.3, 0.4) is 0 Å². The highest BCUT2D eigenvalue weighted by Crippen LogP contribution is 2.65. The summed E-state index contributed by atoms with van der Waals surface area (Å²) in [6.45, 7) is 21.8. The number of benzene rings is 5. The molecule has 14 rings (SSSR count). The molecule has 0 aliphatic heterocycles. The maximum atomic E-state index is 11.1. The molecule has 2 aromatic heterocycles. The second kappa shape index (κ2) is 9.63. The average molecular weight is 730 g/mol. The van der Waals surface area contributed by atoms with Gasteiger partial charge < -0.3 is 4.40 Å². The van der Waals surface area contributed by atoms with Crippen LogP contribution in [-0.4, -0.2) is 4.40 Å². The topological polar surface area (TPSA) is 52.0 Å². The lowest BCUT2D eigenvalue weighted by Gasteiger charge is -2.53. The number of nitriles is 2. The van der Waals surface area contributed by atoms with Crippen molar-refractivity contribution in [3.8, 4) is 23.3 Å². The molecule has 0 unspecified atom stereocenters. The standard InChI is InChI=1S/C53H51N3/c1-48(2,3)33-14-13-31-38-30(33)11-10-12-34(38)49(4,5)35-25-32-40-36(23-28(26-54)43-45(40)52(8)19-15-50(43,6)16-20-52)56-37-24-29(27-55)44-46(41(37)42(39(31)35)47(32)56)53(9)21-17-51(44,7)18-22-53/h10-14,23-25H,15-22H2,1-9H3. The third-order valence-corrected chi connectivity index (χ3v) is 17.2. The Bertz CT molecular complexity index is 3110. The molecule has 7 aliphatic carbocycles. The first-order valence-corrected chi connectivity index (χ1v) is 21.3.